The Morgan fingerprint density at radius 3 is 2.59 bits per heavy atom. The van der Waals surface area contributed by atoms with Crippen LogP contribution < -0.4 is 0 Å². The van der Waals surface area contributed by atoms with Gasteiger partial charge in [0, 0.05) is 36.1 Å². The van der Waals surface area contributed by atoms with Gasteiger partial charge in [-0.1, -0.05) is 11.6 Å². The molecule has 3 aromatic rings. The number of aliphatic hydroxyl groups is 1. The maximum absolute atomic E-state index is 10.5. The van der Waals surface area contributed by atoms with E-state index in [1.165, 1.54) is 0 Å². The van der Waals surface area contributed by atoms with E-state index in [4.69, 9.17) is 21.5 Å². The predicted molar refractivity (Wildman–Crippen MR) is 99.3 cm³/mol. The van der Waals surface area contributed by atoms with Gasteiger partial charge in [0.25, 0.3) is 5.97 Å². The van der Waals surface area contributed by atoms with Crippen LogP contribution in [0.15, 0.2) is 47.8 Å². The van der Waals surface area contributed by atoms with Gasteiger partial charge in [-0.25, -0.2) is 19.9 Å². The van der Waals surface area contributed by atoms with Crippen LogP contribution in [0.2, 0.25) is 5.02 Å². The van der Waals surface area contributed by atoms with Crippen LogP contribution in [0.5, 0.6) is 0 Å². The normalized spacial score (nSPS) is 14.8. The molecule has 2 N–H and O–H groups in total. The number of rotatable bonds is 1. The summed E-state index contributed by atoms with van der Waals surface area (Å²) in [5.41, 5.74) is 2.86. The van der Waals surface area contributed by atoms with Gasteiger partial charge in [-0.05, 0) is 31.2 Å². The van der Waals surface area contributed by atoms with E-state index in [-0.39, 0.29) is 0 Å². The molecule has 138 valence electrons. The van der Waals surface area contributed by atoms with Crippen molar-refractivity contribution in [2.24, 2.45) is 4.99 Å². The number of aliphatic imine (C=N–C) groups is 1. The zero-order valence-electron chi connectivity index (χ0n) is 14.5. The van der Waals surface area contributed by atoms with Crippen LogP contribution in [0.25, 0.3) is 5.69 Å². The molecule has 27 heavy (non-hydrogen) atoms. The average molecular weight is 386 g/mol. The number of nitrogens with zero attached hydrogens (tertiary/aromatic N) is 5. The van der Waals surface area contributed by atoms with E-state index < -0.39 is 12.2 Å². The van der Waals surface area contributed by atoms with Gasteiger partial charge in [0.15, 0.2) is 11.6 Å². The Morgan fingerprint density at radius 1 is 1.26 bits per heavy atom. The number of benzene rings is 1. The Bertz CT molecular complexity index is 1010. The van der Waals surface area contributed by atoms with Crippen molar-refractivity contribution < 1.29 is 15.0 Å². The third kappa shape index (κ3) is 4.02. The molecule has 1 atom stereocenters. The minimum Gasteiger partial charge on any atom is -0.481 e. The van der Waals surface area contributed by atoms with E-state index in [1.807, 2.05) is 23.8 Å². The Labute approximate surface area is 159 Å². The fourth-order valence-corrected chi connectivity index (χ4v) is 2.82. The first kappa shape index (κ1) is 18.7. The number of aryl methyl sites for hydroxylation is 1. The van der Waals surface area contributed by atoms with E-state index in [2.05, 4.69) is 19.9 Å². The van der Waals surface area contributed by atoms with Crippen molar-refractivity contribution >= 4 is 23.3 Å². The highest BCUT2D eigenvalue weighted by Gasteiger charge is 2.26. The lowest BCUT2D eigenvalue weighted by Gasteiger charge is -2.10. The molecule has 0 saturated carbocycles. The second-order valence-corrected chi connectivity index (χ2v) is 6.15. The van der Waals surface area contributed by atoms with Crippen LogP contribution in [0.1, 0.15) is 36.1 Å². The highest BCUT2D eigenvalue weighted by molar-refractivity contribution is 6.31. The molecule has 3 heterocycles. The first-order valence-electron chi connectivity index (χ1n) is 7.96. The Hall–Kier alpha value is -3.10. The number of aromatic nitrogens is 4. The number of aliphatic hydroxyl groups excluding tert-OH is 1. The summed E-state index contributed by atoms with van der Waals surface area (Å²) in [5, 5.41) is 18.5. The molecule has 4 rings (SSSR count). The van der Waals surface area contributed by atoms with Crippen molar-refractivity contribution in [3.05, 3.63) is 70.8 Å². The van der Waals surface area contributed by atoms with E-state index in [9.17, 15) is 5.11 Å². The van der Waals surface area contributed by atoms with Gasteiger partial charge < -0.3 is 10.2 Å². The summed E-state index contributed by atoms with van der Waals surface area (Å²) < 4.78 is 1.82. The summed E-state index contributed by atoms with van der Waals surface area (Å²) in [5.74, 6) is 0.0505. The molecule has 1 unspecified atom stereocenters. The molecule has 0 aliphatic carbocycles. The Morgan fingerprint density at radius 2 is 1.93 bits per heavy atom. The van der Waals surface area contributed by atoms with Crippen molar-refractivity contribution in [3.8, 4) is 5.69 Å². The van der Waals surface area contributed by atoms with E-state index in [0.717, 1.165) is 23.9 Å². The first-order valence-corrected chi connectivity index (χ1v) is 8.33. The lowest BCUT2D eigenvalue weighted by atomic mass is 10.1. The zero-order valence-corrected chi connectivity index (χ0v) is 15.3. The van der Waals surface area contributed by atoms with Crippen molar-refractivity contribution in [1.82, 2.24) is 19.5 Å². The SMILES string of the molecule is CC(=O)O.Cc1cn2c(n1)C(O)N=C(c1ncccn1)c1cc(Cl)ccc1-2. The second-order valence-electron chi connectivity index (χ2n) is 5.71. The standard InChI is InChI=1S/C16H12ClN5O.C2H4O2/c1-9-8-22-12-4-3-10(17)7-11(12)13(14-18-5-2-6-19-14)21-16(23)15(22)20-9;1-2(3)4/h2-8,16,23H,1H3;1H3,(H,3,4). The van der Waals surface area contributed by atoms with Crippen molar-refractivity contribution in [2.75, 3.05) is 0 Å². The van der Waals surface area contributed by atoms with Crippen molar-refractivity contribution in [1.29, 1.82) is 0 Å². The number of hydrogen-bond donors (Lipinski definition) is 2. The quantitative estimate of drug-likeness (QED) is 0.665. The number of fused-ring (bicyclic) bond motifs is 3. The maximum atomic E-state index is 10.5. The number of carboxylic acid groups (broad SMARTS) is 1. The third-order valence-corrected chi connectivity index (χ3v) is 3.82. The van der Waals surface area contributed by atoms with Gasteiger partial charge in [-0.2, -0.15) is 0 Å². The highest BCUT2D eigenvalue weighted by Crippen LogP contribution is 2.30. The van der Waals surface area contributed by atoms with Gasteiger partial charge in [-0.15, -0.1) is 0 Å². The predicted octanol–water partition coefficient (Wildman–Crippen LogP) is 2.56. The van der Waals surface area contributed by atoms with Crippen LogP contribution in [-0.2, 0) is 4.79 Å². The fourth-order valence-electron chi connectivity index (χ4n) is 2.65. The van der Waals surface area contributed by atoms with Crippen LogP contribution in [0.4, 0.5) is 0 Å². The lowest BCUT2D eigenvalue weighted by Crippen LogP contribution is -2.10. The van der Waals surface area contributed by atoms with Crippen LogP contribution in [0, 0.1) is 6.92 Å². The first-order chi connectivity index (χ1) is 12.9. The topological polar surface area (TPSA) is 113 Å². The van der Waals surface area contributed by atoms with Crippen LogP contribution in [-0.4, -0.2) is 41.4 Å². The molecule has 0 radical (unpaired) electrons. The van der Waals surface area contributed by atoms with Gasteiger partial charge >= 0.3 is 0 Å². The molecule has 1 aliphatic rings. The Kier molecular flexibility index (Phi) is 5.29. The maximum Gasteiger partial charge on any atom is 0.300 e. The average Bonchev–Trinajstić information content (AvgIpc) is 2.97. The molecule has 1 aliphatic heterocycles. The number of carbonyl (C=O) groups is 1. The van der Waals surface area contributed by atoms with Crippen LogP contribution >= 0.6 is 11.6 Å². The summed E-state index contributed by atoms with van der Waals surface area (Å²) in [6.07, 6.45) is 4.02. The molecule has 0 spiro atoms. The summed E-state index contributed by atoms with van der Waals surface area (Å²) in [7, 11) is 0. The molecule has 0 amide bonds. The summed E-state index contributed by atoms with van der Waals surface area (Å²) in [6, 6.07) is 7.19. The van der Waals surface area contributed by atoms with Gasteiger partial charge in [0.1, 0.15) is 5.71 Å². The van der Waals surface area contributed by atoms with E-state index >= 15 is 0 Å². The Balaban J connectivity index is 0.000000481. The smallest absolute Gasteiger partial charge is 0.300 e. The van der Waals surface area contributed by atoms with Gasteiger partial charge in [0.05, 0.1) is 11.4 Å². The minimum absolute atomic E-state index is 0.428. The largest absolute Gasteiger partial charge is 0.481 e. The molecule has 1 aromatic carbocycles. The minimum atomic E-state index is -1.10. The third-order valence-electron chi connectivity index (χ3n) is 3.59. The van der Waals surface area contributed by atoms with Crippen molar-refractivity contribution in [3.63, 3.8) is 0 Å². The molecule has 9 heteroatoms. The van der Waals surface area contributed by atoms with E-state index in [0.29, 0.717) is 22.4 Å². The molecule has 0 bridgehead atoms. The molecule has 8 nitrogen and oxygen atoms in total. The molecule has 0 saturated heterocycles. The molecular weight excluding hydrogens is 370 g/mol. The number of aliphatic carboxylic acids is 1. The molecular formula is C18H16ClN5O3. The lowest BCUT2D eigenvalue weighted by molar-refractivity contribution is -0.134. The number of carboxylic acids is 1. The molecule has 0 fully saturated rings. The van der Waals surface area contributed by atoms with Crippen LogP contribution in [0.3, 0.4) is 0 Å². The highest BCUT2D eigenvalue weighted by atomic mass is 35.5. The fraction of sp³-hybridized carbons (Fsp3) is 0.167. The number of halogens is 1. The van der Waals surface area contributed by atoms with E-state index in [1.54, 1.807) is 30.6 Å². The number of imidazole rings is 1. The monoisotopic (exact) mass is 385 g/mol. The second kappa shape index (κ2) is 7.65. The number of hydrogen-bond acceptors (Lipinski definition) is 6. The van der Waals surface area contributed by atoms with Gasteiger partial charge in [0.2, 0.25) is 6.23 Å². The summed E-state index contributed by atoms with van der Waals surface area (Å²) >= 11 is 6.17. The van der Waals surface area contributed by atoms with Gasteiger partial charge in [-0.3, -0.25) is 9.36 Å². The zero-order chi connectivity index (χ0) is 19.6. The summed E-state index contributed by atoms with van der Waals surface area (Å²) in [6.45, 7) is 2.95. The summed E-state index contributed by atoms with van der Waals surface area (Å²) in [4.78, 5) is 26.3. The van der Waals surface area contributed by atoms with Crippen molar-refractivity contribution in [2.45, 2.75) is 20.1 Å². The molecule has 2 aromatic heterocycles.